The fourth-order valence-electron chi connectivity index (χ4n) is 3.78. The molecule has 33 heavy (non-hydrogen) atoms. The molecule has 10 heteroatoms. The molecular weight excluding hydrogens is 485 g/mol. The van der Waals surface area contributed by atoms with E-state index in [1.54, 1.807) is 29.2 Å². The van der Waals surface area contributed by atoms with Gasteiger partial charge in [0, 0.05) is 12.1 Å². The first-order valence-electron chi connectivity index (χ1n) is 10.5. The van der Waals surface area contributed by atoms with E-state index in [1.165, 1.54) is 18.2 Å². The van der Waals surface area contributed by atoms with Crippen molar-refractivity contribution in [2.75, 3.05) is 6.54 Å². The van der Waals surface area contributed by atoms with Gasteiger partial charge < -0.3 is 10.2 Å². The van der Waals surface area contributed by atoms with E-state index in [9.17, 15) is 18.0 Å². The van der Waals surface area contributed by atoms with E-state index >= 15 is 0 Å². The van der Waals surface area contributed by atoms with Gasteiger partial charge in [-0.1, -0.05) is 59.6 Å². The molecule has 2 aromatic rings. The molecule has 2 aromatic carbocycles. The van der Waals surface area contributed by atoms with Gasteiger partial charge in [-0.2, -0.15) is 4.72 Å². The van der Waals surface area contributed by atoms with Crippen molar-refractivity contribution in [3.63, 3.8) is 0 Å². The van der Waals surface area contributed by atoms with Crippen molar-refractivity contribution in [3.8, 4) is 0 Å². The average molecular weight is 512 g/mol. The van der Waals surface area contributed by atoms with Crippen LogP contribution in [0.2, 0.25) is 10.0 Å². The van der Waals surface area contributed by atoms with Crippen molar-refractivity contribution < 1.29 is 18.0 Å². The number of likely N-dealkylation sites (tertiary alicyclic amines) is 1. The van der Waals surface area contributed by atoms with Crippen LogP contribution in [0.3, 0.4) is 0 Å². The molecule has 0 bridgehead atoms. The highest BCUT2D eigenvalue weighted by molar-refractivity contribution is 7.89. The predicted octanol–water partition coefficient (Wildman–Crippen LogP) is 3.40. The molecule has 0 spiro atoms. The van der Waals surface area contributed by atoms with Gasteiger partial charge in [0.25, 0.3) is 0 Å². The Balaban J connectivity index is 1.86. The summed E-state index contributed by atoms with van der Waals surface area (Å²) in [5, 5.41) is 2.62. The molecule has 178 valence electrons. The zero-order chi connectivity index (χ0) is 24.4. The number of amides is 2. The molecule has 3 rings (SSSR count). The van der Waals surface area contributed by atoms with Gasteiger partial charge in [-0.25, -0.2) is 8.42 Å². The highest BCUT2D eigenvalue weighted by Gasteiger charge is 2.39. The fourth-order valence-corrected chi connectivity index (χ4v) is 6.11. The summed E-state index contributed by atoms with van der Waals surface area (Å²) in [5.74, 6) is -0.786. The largest absolute Gasteiger partial charge is 0.343 e. The number of carbonyl (C=O) groups excluding carboxylic acids is 2. The van der Waals surface area contributed by atoms with Crippen LogP contribution in [0.15, 0.2) is 53.4 Å². The second-order valence-corrected chi connectivity index (χ2v) is 11.4. The van der Waals surface area contributed by atoms with Crippen LogP contribution >= 0.6 is 23.2 Å². The fraction of sp³-hybridized carbons (Fsp3) is 0.391. The van der Waals surface area contributed by atoms with Crippen LogP contribution in [-0.4, -0.2) is 49.3 Å². The Morgan fingerprint density at radius 2 is 1.70 bits per heavy atom. The number of carbonyl (C=O) groups is 2. The Bertz CT molecular complexity index is 1110. The third-order valence-electron chi connectivity index (χ3n) is 5.42. The van der Waals surface area contributed by atoms with Gasteiger partial charge >= 0.3 is 0 Å². The summed E-state index contributed by atoms with van der Waals surface area (Å²) in [5.41, 5.74) is 0.377. The van der Waals surface area contributed by atoms with Gasteiger partial charge in [0.05, 0.1) is 10.0 Å². The molecule has 1 saturated heterocycles. The first-order valence-corrected chi connectivity index (χ1v) is 12.8. The van der Waals surface area contributed by atoms with Crippen molar-refractivity contribution in [3.05, 3.63) is 64.1 Å². The summed E-state index contributed by atoms with van der Waals surface area (Å²) in [6.07, 6.45) is 0.529. The molecule has 2 N–H and O–H groups in total. The third-order valence-corrected chi connectivity index (χ3v) is 7.84. The topological polar surface area (TPSA) is 95.6 Å². The molecular formula is C23H27Cl2N3O4S. The Labute approximate surface area is 204 Å². The Kier molecular flexibility index (Phi) is 7.73. The van der Waals surface area contributed by atoms with Crippen molar-refractivity contribution in [2.45, 2.75) is 56.1 Å². The molecule has 0 aromatic heterocycles. The molecule has 2 unspecified atom stereocenters. The molecule has 0 radical (unpaired) electrons. The maximum absolute atomic E-state index is 13.2. The number of nitrogens with one attached hydrogen (secondary N) is 2. The minimum Gasteiger partial charge on any atom is -0.343 e. The van der Waals surface area contributed by atoms with E-state index in [4.69, 9.17) is 23.2 Å². The zero-order valence-corrected chi connectivity index (χ0v) is 21.0. The summed E-state index contributed by atoms with van der Waals surface area (Å²) in [7, 11) is -4.24. The Hall–Kier alpha value is -2.13. The van der Waals surface area contributed by atoms with Gasteiger partial charge in [0.15, 0.2) is 0 Å². The van der Waals surface area contributed by atoms with Crippen molar-refractivity contribution in [2.24, 2.45) is 0 Å². The van der Waals surface area contributed by atoms with Crippen molar-refractivity contribution >= 4 is 45.0 Å². The zero-order valence-electron chi connectivity index (χ0n) is 18.6. The second kappa shape index (κ2) is 10.0. The number of rotatable bonds is 7. The average Bonchev–Trinajstić information content (AvgIpc) is 3.08. The van der Waals surface area contributed by atoms with Gasteiger partial charge in [0.2, 0.25) is 21.8 Å². The SMILES string of the molecule is CC(C)(C)N1CCC(NC(=O)C(Cc2ccccc2)NS(=O)(=O)c2c(Cl)cccc2Cl)C1=O. The van der Waals surface area contributed by atoms with Crippen LogP contribution in [-0.2, 0) is 26.0 Å². The van der Waals surface area contributed by atoms with E-state index in [0.717, 1.165) is 5.56 Å². The molecule has 7 nitrogen and oxygen atoms in total. The van der Waals surface area contributed by atoms with Crippen LogP contribution in [0.1, 0.15) is 32.8 Å². The molecule has 0 saturated carbocycles. The maximum atomic E-state index is 13.2. The predicted molar refractivity (Wildman–Crippen MR) is 129 cm³/mol. The summed E-state index contributed by atoms with van der Waals surface area (Å²) >= 11 is 12.2. The van der Waals surface area contributed by atoms with E-state index in [2.05, 4.69) is 10.0 Å². The maximum Gasteiger partial charge on any atom is 0.245 e. The quantitative estimate of drug-likeness (QED) is 0.595. The van der Waals surface area contributed by atoms with Crippen molar-refractivity contribution in [1.29, 1.82) is 0 Å². The second-order valence-electron chi connectivity index (χ2n) is 8.92. The van der Waals surface area contributed by atoms with Crippen LogP contribution < -0.4 is 10.0 Å². The third kappa shape index (κ3) is 6.06. The number of hydrogen-bond acceptors (Lipinski definition) is 4. The summed E-state index contributed by atoms with van der Waals surface area (Å²) in [6, 6.07) is 11.5. The lowest BCUT2D eigenvalue weighted by atomic mass is 10.1. The molecule has 2 atom stereocenters. The minimum absolute atomic E-state index is 0.0549. The summed E-state index contributed by atoms with van der Waals surface area (Å²) in [6.45, 7) is 6.29. The monoisotopic (exact) mass is 511 g/mol. The first-order chi connectivity index (χ1) is 15.4. The van der Waals surface area contributed by atoms with Crippen molar-refractivity contribution in [1.82, 2.24) is 14.9 Å². The molecule has 0 aliphatic carbocycles. The van der Waals surface area contributed by atoms with Gasteiger partial charge in [-0.15, -0.1) is 0 Å². The van der Waals surface area contributed by atoms with Crippen LogP contribution in [0, 0.1) is 0 Å². The van der Waals surface area contributed by atoms with Crippen LogP contribution in [0.5, 0.6) is 0 Å². The Morgan fingerprint density at radius 3 is 2.24 bits per heavy atom. The summed E-state index contributed by atoms with van der Waals surface area (Å²) < 4.78 is 28.7. The highest BCUT2D eigenvalue weighted by atomic mass is 35.5. The molecule has 2 amide bonds. The van der Waals surface area contributed by atoms with E-state index in [0.29, 0.717) is 13.0 Å². The van der Waals surface area contributed by atoms with Crippen LogP contribution in [0.4, 0.5) is 0 Å². The number of halogens is 2. The molecule has 1 heterocycles. The van der Waals surface area contributed by atoms with Crippen LogP contribution in [0.25, 0.3) is 0 Å². The normalized spacial score (nSPS) is 17.8. The number of hydrogen-bond donors (Lipinski definition) is 2. The van der Waals surface area contributed by atoms with E-state index in [1.807, 2.05) is 26.8 Å². The highest BCUT2D eigenvalue weighted by Crippen LogP contribution is 2.29. The standard InChI is InChI=1S/C23H27Cl2N3O4S/c1-23(2,3)28-13-12-18(22(28)30)26-21(29)19(14-15-8-5-4-6-9-15)27-33(31,32)20-16(24)10-7-11-17(20)25/h4-11,18-19,27H,12-14H2,1-3H3,(H,26,29). The lowest BCUT2D eigenvalue weighted by molar-refractivity contribution is -0.136. The molecule has 1 aliphatic rings. The Morgan fingerprint density at radius 1 is 1.09 bits per heavy atom. The molecule has 1 aliphatic heterocycles. The first kappa shape index (κ1) is 25.5. The van der Waals surface area contributed by atoms with Gasteiger partial charge in [-0.3, -0.25) is 9.59 Å². The van der Waals surface area contributed by atoms with Gasteiger partial charge in [-0.05, 0) is 51.3 Å². The summed E-state index contributed by atoms with van der Waals surface area (Å²) in [4.78, 5) is 27.4. The molecule has 1 fully saturated rings. The van der Waals surface area contributed by atoms with E-state index < -0.39 is 28.0 Å². The lowest BCUT2D eigenvalue weighted by Gasteiger charge is -2.32. The number of benzene rings is 2. The van der Waals surface area contributed by atoms with Gasteiger partial charge in [0.1, 0.15) is 17.0 Å². The smallest absolute Gasteiger partial charge is 0.245 e. The number of sulfonamides is 1. The van der Waals surface area contributed by atoms with E-state index in [-0.39, 0.29) is 32.8 Å². The lowest BCUT2D eigenvalue weighted by Crippen LogP contribution is -2.53. The number of nitrogens with zero attached hydrogens (tertiary/aromatic N) is 1. The minimum atomic E-state index is -4.24.